The van der Waals surface area contributed by atoms with Gasteiger partial charge in [0.2, 0.25) is 5.91 Å². The summed E-state index contributed by atoms with van der Waals surface area (Å²) < 4.78 is 1.76. The molecular formula is C21H28N4O2. The van der Waals surface area contributed by atoms with E-state index < -0.39 is 0 Å². The fourth-order valence-electron chi connectivity index (χ4n) is 3.37. The maximum Gasteiger partial charge on any atom is 0.274 e. The Morgan fingerprint density at radius 2 is 1.52 bits per heavy atom. The first-order valence-electron chi connectivity index (χ1n) is 9.36. The van der Waals surface area contributed by atoms with Crippen LogP contribution in [0.4, 0.5) is 0 Å². The Morgan fingerprint density at radius 1 is 0.963 bits per heavy atom. The molecule has 2 heterocycles. The van der Waals surface area contributed by atoms with E-state index in [1.807, 2.05) is 13.1 Å². The standard InChI is InChI=1S/C21H28N4O2/c1-15(26)24-10-12-25(13-11-24)20(27)18-14-19(23(5)22-18)16-6-8-17(9-7-16)21(2,3)4/h6-9,14H,10-13H2,1-5H3. The number of hydrogen-bond donors (Lipinski definition) is 0. The second-order valence-corrected chi connectivity index (χ2v) is 8.16. The fourth-order valence-corrected chi connectivity index (χ4v) is 3.37. The summed E-state index contributed by atoms with van der Waals surface area (Å²) >= 11 is 0. The molecule has 0 bridgehead atoms. The highest BCUT2D eigenvalue weighted by Crippen LogP contribution is 2.26. The Morgan fingerprint density at radius 3 is 2.04 bits per heavy atom. The van der Waals surface area contributed by atoms with Gasteiger partial charge in [0.15, 0.2) is 5.69 Å². The molecule has 1 aliphatic heterocycles. The smallest absolute Gasteiger partial charge is 0.274 e. The van der Waals surface area contributed by atoms with E-state index in [0.717, 1.165) is 11.3 Å². The topological polar surface area (TPSA) is 58.4 Å². The Hall–Kier alpha value is -2.63. The van der Waals surface area contributed by atoms with Crippen molar-refractivity contribution in [2.75, 3.05) is 26.2 Å². The van der Waals surface area contributed by atoms with Gasteiger partial charge in [0.05, 0.1) is 5.69 Å². The monoisotopic (exact) mass is 368 g/mol. The van der Waals surface area contributed by atoms with Crippen LogP contribution in [0.15, 0.2) is 30.3 Å². The molecule has 6 nitrogen and oxygen atoms in total. The molecule has 0 spiro atoms. The SMILES string of the molecule is CC(=O)N1CCN(C(=O)c2cc(-c3ccc(C(C)(C)C)cc3)n(C)n2)CC1. The van der Waals surface area contributed by atoms with E-state index in [4.69, 9.17) is 0 Å². The molecule has 0 unspecified atom stereocenters. The van der Waals surface area contributed by atoms with Crippen LogP contribution in [0, 0.1) is 0 Å². The number of aryl methyl sites for hydroxylation is 1. The van der Waals surface area contributed by atoms with Crippen LogP contribution in [0.5, 0.6) is 0 Å². The average Bonchev–Trinajstić information content (AvgIpc) is 3.02. The molecule has 2 amide bonds. The molecule has 1 fully saturated rings. The summed E-state index contributed by atoms with van der Waals surface area (Å²) in [5.74, 6) is -0.0210. The maximum atomic E-state index is 12.8. The van der Waals surface area contributed by atoms with Crippen molar-refractivity contribution in [3.63, 3.8) is 0 Å². The predicted molar refractivity (Wildman–Crippen MR) is 106 cm³/mol. The first kappa shape index (κ1) is 19.1. The van der Waals surface area contributed by atoms with Crippen molar-refractivity contribution in [3.05, 3.63) is 41.6 Å². The third kappa shape index (κ3) is 4.04. The van der Waals surface area contributed by atoms with E-state index in [-0.39, 0.29) is 17.2 Å². The molecule has 144 valence electrons. The Balaban J connectivity index is 1.76. The van der Waals surface area contributed by atoms with Crippen LogP contribution in [-0.4, -0.2) is 57.6 Å². The number of rotatable bonds is 2. The molecule has 1 saturated heterocycles. The highest BCUT2D eigenvalue weighted by molar-refractivity contribution is 5.93. The molecule has 0 N–H and O–H groups in total. The highest BCUT2D eigenvalue weighted by Gasteiger charge is 2.25. The van der Waals surface area contributed by atoms with Crippen LogP contribution in [0.2, 0.25) is 0 Å². The number of amides is 2. The number of carbonyl (C=O) groups is 2. The van der Waals surface area contributed by atoms with Crippen molar-refractivity contribution in [2.45, 2.75) is 33.1 Å². The van der Waals surface area contributed by atoms with Crippen molar-refractivity contribution in [1.82, 2.24) is 19.6 Å². The molecule has 6 heteroatoms. The largest absolute Gasteiger partial charge is 0.339 e. The van der Waals surface area contributed by atoms with Crippen molar-refractivity contribution in [3.8, 4) is 11.3 Å². The van der Waals surface area contributed by atoms with E-state index in [0.29, 0.717) is 31.9 Å². The van der Waals surface area contributed by atoms with E-state index in [1.165, 1.54) is 5.56 Å². The number of aromatic nitrogens is 2. The summed E-state index contributed by atoms with van der Waals surface area (Å²) in [6.07, 6.45) is 0. The van der Waals surface area contributed by atoms with Gasteiger partial charge in [-0.2, -0.15) is 5.10 Å². The second-order valence-electron chi connectivity index (χ2n) is 8.16. The second kappa shape index (κ2) is 7.18. The van der Waals surface area contributed by atoms with Crippen molar-refractivity contribution in [1.29, 1.82) is 0 Å². The summed E-state index contributed by atoms with van der Waals surface area (Å²) in [7, 11) is 1.86. The molecular weight excluding hydrogens is 340 g/mol. The molecule has 0 aliphatic carbocycles. The minimum Gasteiger partial charge on any atom is -0.339 e. The molecule has 0 saturated carbocycles. The molecule has 27 heavy (non-hydrogen) atoms. The summed E-state index contributed by atoms with van der Waals surface area (Å²) in [6.45, 7) is 10.4. The summed E-state index contributed by atoms with van der Waals surface area (Å²) in [4.78, 5) is 27.8. The van der Waals surface area contributed by atoms with E-state index in [2.05, 4.69) is 50.1 Å². The van der Waals surface area contributed by atoms with Crippen LogP contribution in [-0.2, 0) is 17.3 Å². The fraction of sp³-hybridized carbons (Fsp3) is 0.476. The maximum absolute atomic E-state index is 12.8. The lowest BCUT2D eigenvalue weighted by molar-refractivity contribution is -0.130. The Bertz CT molecular complexity index is 838. The predicted octanol–water partition coefficient (Wildman–Crippen LogP) is 2.69. The summed E-state index contributed by atoms with van der Waals surface area (Å²) in [6, 6.07) is 10.3. The molecule has 0 radical (unpaired) electrons. The summed E-state index contributed by atoms with van der Waals surface area (Å²) in [5, 5.41) is 4.43. The van der Waals surface area contributed by atoms with Gasteiger partial charge in [-0.1, -0.05) is 45.0 Å². The van der Waals surface area contributed by atoms with Gasteiger partial charge >= 0.3 is 0 Å². The number of carbonyl (C=O) groups excluding carboxylic acids is 2. The van der Waals surface area contributed by atoms with Gasteiger partial charge in [-0.05, 0) is 22.6 Å². The summed E-state index contributed by atoms with van der Waals surface area (Å²) in [5.41, 5.74) is 3.78. The lowest BCUT2D eigenvalue weighted by atomic mass is 9.86. The van der Waals surface area contributed by atoms with Crippen molar-refractivity contribution < 1.29 is 9.59 Å². The van der Waals surface area contributed by atoms with E-state index in [1.54, 1.807) is 21.4 Å². The Labute approximate surface area is 160 Å². The van der Waals surface area contributed by atoms with Gasteiger partial charge in [-0.15, -0.1) is 0 Å². The lowest BCUT2D eigenvalue weighted by Crippen LogP contribution is -2.50. The van der Waals surface area contributed by atoms with Gasteiger partial charge in [0, 0.05) is 40.2 Å². The minimum atomic E-state index is -0.0774. The highest BCUT2D eigenvalue weighted by atomic mass is 16.2. The molecule has 3 rings (SSSR count). The number of benzene rings is 1. The first-order chi connectivity index (χ1) is 12.7. The zero-order valence-electron chi connectivity index (χ0n) is 16.8. The quantitative estimate of drug-likeness (QED) is 0.819. The average molecular weight is 368 g/mol. The van der Waals surface area contributed by atoms with E-state index >= 15 is 0 Å². The number of nitrogens with zero attached hydrogens (tertiary/aromatic N) is 4. The minimum absolute atomic E-state index is 0.0564. The zero-order valence-corrected chi connectivity index (χ0v) is 16.8. The Kier molecular flexibility index (Phi) is 5.09. The van der Waals surface area contributed by atoms with Crippen LogP contribution in [0.1, 0.15) is 43.7 Å². The van der Waals surface area contributed by atoms with Crippen molar-refractivity contribution >= 4 is 11.8 Å². The van der Waals surface area contributed by atoms with Gasteiger partial charge in [-0.25, -0.2) is 0 Å². The molecule has 2 aromatic rings. The molecule has 1 aromatic heterocycles. The van der Waals surface area contributed by atoms with Gasteiger partial charge in [0.25, 0.3) is 5.91 Å². The first-order valence-corrected chi connectivity index (χ1v) is 9.36. The van der Waals surface area contributed by atoms with Crippen LogP contribution < -0.4 is 0 Å². The van der Waals surface area contributed by atoms with Gasteiger partial charge in [0.1, 0.15) is 0 Å². The van der Waals surface area contributed by atoms with Crippen molar-refractivity contribution in [2.24, 2.45) is 7.05 Å². The van der Waals surface area contributed by atoms with Gasteiger partial charge in [-0.3, -0.25) is 14.3 Å². The zero-order chi connectivity index (χ0) is 19.8. The van der Waals surface area contributed by atoms with Crippen LogP contribution in [0.25, 0.3) is 11.3 Å². The molecule has 1 aliphatic rings. The normalized spacial score (nSPS) is 15.1. The third-order valence-corrected chi connectivity index (χ3v) is 5.16. The van der Waals surface area contributed by atoms with Gasteiger partial charge < -0.3 is 9.80 Å². The van der Waals surface area contributed by atoms with Crippen LogP contribution >= 0.6 is 0 Å². The molecule has 0 atom stereocenters. The van der Waals surface area contributed by atoms with E-state index in [9.17, 15) is 9.59 Å². The lowest BCUT2D eigenvalue weighted by Gasteiger charge is -2.33. The van der Waals surface area contributed by atoms with Crippen LogP contribution in [0.3, 0.4) is 0 Å². The number of hydrogen-bond acceptors (Lipinski definition) is 3. The third-order valence-electron chi connectivity index (χ3n) is 5.16. The molecule has 1 aromatic carbocycles. The number of piperazine rings is 1.